The molecule has 2 aliphatic carbocycles. The van der Waals surface area contributed by atoms with Gasteiger partial charge in [0.15, 0.2) is 0 Å². The Labute approximate surface area is 162 Å². The SMILES string of the molecule is CC(CNCC(F)(F)F)S(=O)(=O)NC(=O)Nc1c2c(cc3c1CCC3)CCC2. The molecule has 0 spiro atoms. The van der Waals surface area contributed by atoms with Crippen molar-refractivity contribution >= 4 is 21.7 Å². The number of carbonyl (C=O) groups excluding carboxylic acids is 1. The molecule has 28 heavy (non-hydrogen) atoms. The molecule has 1 aromatic rings. The van der Waals surface area contributed by atoms with Crippen molar-refractivity contribution in [1.29, 1.82) is 0 Å². The number of benzene rings is 1. The maximum absolute atomic E-state index is 12.4. The van der Waals surface area contributed by atoms with Crippen LogP contribution in [0.2, 0.25) is 0 Å². The number of anilines is 1. The third-order valence-electron chi connectivity index (χ3n) is 5.23. The Morgan fingerprint density at radius 1 is 1.11 bits per heavy atom. The first-order valence-corrected chi connectivity index (χ1v) is 10.9. The third kappa shape index (κ3) is 4.78. The van der Waals surface area contributed by atoms with Crippen LogP contribution in [0.1, 0.15) is 42.0 Å². The van der Waals surface area contributed by atoms with Crippen LogP contribution in [0.15, 0.2) is 6.07 Å². The van der Waals surface area contributed by atoms with Gasteiger partial charge in [0.2, 0.25) is 10.0 Å². The fourth-order valence-corrected chi connectivity index (χ4v) is 4.71. The first kappa shape index (κ1) is 20.9. The van der Waals surface area contributed by atoms with Gasteiger partial charge in [-0.1, -0.05) is 6.07 Å². The number of amides is 2. The Morgan fingerprint density at radius 3 is 2.21 bits per heavy atom. The van der Waals surface area contributed by atoms with Gasteiger partial charge in [-0.3, -0.25) is 0 Å². The van der Waals surface area contributed by atoms with E-state index in [0.717, 1.165) is 49.7 Å². The van der Waals surface area contributed by atoms with Gasteiger partial charge in [0.1, 0.15) is 0 Å². The molecule has 3 N–H and O–H groups in total. The van der Waals surface area contributed by atoms with Crippen molar-refractivity contribution in [1.82, 2.24) is 10.0 Å². The molecule has 156 valence electrons. The molecule has 0 saturated carbocycles. The number of carbonyl (C=O) groups is 1. The normalized spacial score (nSPS) is 17.1. The molecule has 0 saturated heterocycles. The summed E-state index contributed by atoms with van der Waals surface area (Å²) in [5.41, 5.74) is 5.23. The van der Waals surface area contributed by atoms with Crippen LogP contribution in [0.3, 0.4) is 0 Å². The van der Waals surface area contributed by atoms with Gasteiger partial charge in [-0.25, -0.2) is 17.9 Å². The smallest absolute Gasteiger partial charge is 0.307 e. The van der Waals surface area contributed by atoms with Crippen LogP contribution in [0.5, 0.6) is 0 Å². The van der Waals surface area contributed by atoms with E-state index in [0.29, 0.717) is 5.69 Å². The van der Waals surface area contributed by atoms with Crippen molar-refractivity contribution in [2.45, 2.75) is 56.9 Å². The summed E-state index contributed by atoms with van der Waals surface area (Å²) in [6.07, 6.45) is 1.12. The number of urea groups is 1. The molecule has 10 heteroatoms. The van der Waals surface area contributed by atoms with Crippen LogP contribution >= 0.6 is 0 Å². The Balaban J connectivity index is 1.66. The molecule has 2 aliphatic rings. The van der Waals surface area contributed by atoms with Crippen molar-refractivity contribution < 1.29 is 26.4 Å². The number of sulfonamides is 1. The summed E-state index contributed by atoms with van der Waals surface area (Å²) in [5, 5.41) is 3.55. The average molecular weight is 419 g/mol. The van der Waals surface area contributed by atoms with E-state index in [1.807, 2.05) is 10.0 Å². The predicted molar refractivity (Wildman–Crippen MR) is 100.0 cm³/mol. The fraction of sp³-hybridized carbons (Fsp3) is 0.611. The summed E-state index contributed by atoms with van der Waals surface area (Å²) < 4.78 is 63.0. The third-order valence-corrected chi connectivity index (χ3v) is 6.93. The Hall–Kier alpha value is -1.81. The number of halogens is 3. The minimum Gasteiger partial charge on any atom is -0.307 e. The summed E-state index contributed by atoms with van der Waals surface area (Å²) >= 11 is 0. The first-order valence-electron chi connectivity index (χ1n) is 9.33. The zero-order valence-corrected chi connectivity index (χ0v) is 16.4. The molecular weight excluding hydrogens is 395 g/mol. The molecule has 1 aromatic carbocycles. The topological polar surface area (TPSA) is 87.3 Å². The molecule has 0 bridgehead atoms. The van der Waals surface area contributed by atoms with Crippen molar-refractivity contribution in [2.75, 3.05) is 18.4 Å². The summed E-state index contributed by atoms with van der Waals surface area (Å²) in [4.78, 5) is 12.4. The molecule has 3 rings (SSSR count). The molecule has 0 aliphatic heterocycles. The number of hydrogen-bond donors (Lipinski definition) is 3. The van der Waals surface area contributed by atoms with Crippen LogP contribution < -0.4 is 15.4 Å². The number of hydrogen-bond acceptors (Lipinski definition) is 4. The molecule has 0 radical (unpaired) electrons. The number of alkyl halides is 3. The van der Waals surface area contributed by atoms with E-state index in [1.54, 1.807) is 0 Å². The van der Waals surface area contributed by atoms with Gasteiger partial charge < -0.3 is 10.6 Å². The second-order valence-electron chi connectivity index (χ2n) is 7.39. The highest BCUT2D eigenvalue weighted by atomic mass is 32.2. The number of aryl methyl sites for hydroxylation is 2. The summed E-state index contributed by atoms with van der Waals surface area (Å²) in [6, 6.07) is 1.32. The predicted octanol–water partition coefficient (Wildman–Crippen LogP) is 2.66. The second-order valence-corrected chi connectivity index (χ2v) is 9.49. The highest BCUT2D eigenvalue weighted by Crippen LogP contribution is 2.38. The van der Waals surface area contributed by atoms with E-state index >= 15 is 0 Å². The first-order chi connectivity index (χ1) is 13.1. The maximum Gasteiger partial charge on any atom is 0.401 e. The van der Waals surface area contributed by atoms with Gasteiger partial charge in [-0.15, -0.1) is 0 Å². The van der Waals surface area contributed by atoms with Crippen molar-refractivity contribution in [3.8, 4) is 0 Å². The van der Waals surface area contributed by atoms with E-state index in [1.165, 1.54) is 18.1 Å². The Morgan fingerprint density at radius 2 is 1.68 bits per heavy atom. The molecule has 1 unspecified atom stereocenters. The highest BCUT2D eigenvalue weighted by molar-refractivity contribution is 7.90. The van der Waals surface area contributed by atoms with E-state index in [4.69, 9.17) is 0 Å². The average Bonchev–Trinajstić information content (AvgIpc) is 3.21. The number of nitrogens with one attached hydrogen (secondary N) is 3. The lowest BCUT2D eigenvalue weighted by molar-refractivity contribution is -0.124. The molecule has 0 aromatic heterocycles. The van der Waals surface area contributed by atoms with Crippen LogP contribution in [0, 0.1) is 0 Å². The van der Waals surface area contributed by atoms with Crippen molar-refractivity contribution in [3.05, 3.63) is 28.3 Å². The van der Waals surface area contributed by atoms with Gasteiger partial charge in [0.25, 0.3) is 0 Å². The van der Waals surface area contributed by atoms with Crippen molar-refractivity contribution in [3.63, 3.8) is 0 Å². The monoisotopic (exact) mass is 419 g/mol. The highest BCUT2D eigenvalue weighted by Gasteiger charge is 2.30. The lowest BCUT2D eigenvalue weighted by Gasteiger charge is -2.18. The van der Waals surface area contributed by atoms with Crippen molar-refractivity contribution in [2.24, 2.45) is 0 Å². The fourth-order valence-electron chi connectivity index (χ4n) is 3.86. The molecule has 0 heterocycles. The standard InChI is InChI=1S/C18H24F3N3O3S/c1-11(9-22-10-18(19,20)21)28(26,27)24-17(25)23-16-14-6-2-4-12(14)8-13-5-3-7-15(13)16/h8,11,22H,2-7,9-10H2,1H3,(H2,23,24,25). The number of rotatable bonds is 6. The molecule has 2 amide bonds. The number of fused-ring (bicyclic) bond motifs is 2. The van der Waals surface area contributed by atoms with E-state index in [9.17, 15) is 26.4 Å². The zero-order valence-electron chi connectivity index (χ0n) is 15.6. The maximum atomic E-state index is 12.4. The zero-order chi connectivity index (χ0) is 20.5. The van der Waals surface area contributed by atoms with E-state index < -0.39 is 40.6 Å². The summed E-state index contributed by atoms with van der Waals surface area (Å²) in [5.74, 6) is 0. The molecule has 1 atom stereocenters. The minimum atomic E-state index is -4.43. The van der Waals surface area contributed by atoms with Gasteiger partial charge >= 0.3 is 12.2 Å². The van der Waals surface area contributed by atoms with Crippen LogP contribution in [0.4, 0.5) is 23.7 Å². The van der Waals surface area contributed by atoms with Gasteiger partial charge in [-0.2, -0.15) is 13.2 Å². The summed E-state index contributed by atoms with van der Waals surface area (Å²) in [6.45, 7) is -0.462. The van der Waals surface area contributed by atoms with Crippen LogP contribution in [0.25, 0.3) is 0 Å². The van der Waals surface area contributed by atoms with Crippen LogP contribution in [-0.2, 0) is 35.7 Å². The van der Waals surface area contributed by atoms with Crippen LogP contribution in [-0.4, -0.2) is 39.0 Å². The van der Waals surface area contributed by atoms with Gasteiger partial charge in [-0.05, 0) is 67.7 Å². The lowest BCUT2D eigenvalue weighted by Crippen LogP contribution is -2.44. The molecule has 6 nitrogen and oxygen atoms in total. The largest absolute Gasteiger partial charge is 0.401 e. The lowest BCUT2D eigenvalue weighted by atomic mass is 9.99. The molecule has 0 fully saturated rings. The summed E-state index contributed by atoms with van der Waals surface area (Å²) in [7, 11) is -4.12. The quantitative estimate of drug-likeness (QED) is 0.662. The minimum absolute atomic E-state index is 0.418. The van der Waals surface area contributed by atoms with Gasteiger partial charge in [0, 0.05) is 12.2 Å². The molecular formula is C18H24F3N3O3S. The van der Waals surface area contributed by atoms with E-state index in [-0.39, 0.29) is 0 Å². The van der Waals surface area contributed by atoms with Gasteiger partial charge in [0.05, 0.1) is 11.8 Å². The second kappa shape index (κ2) is 7.90. The Kier molecular flexibility index (Phi) is 5.90. The Bertz CT molecular complexity index is 837. The van der Waals surface area contributed by atoms with E-state index in [2.05, 4.69) is 11.4 Å².